The summed E-state index contributed by atoms with van der Waals surface area (Å²) >= 11 is 12.2. The van der Waals surface area contributed by atoms with Gasteiger partial charge >= 0.3 is 0 Å². The van der Waals surface area contributed by atoms with Crippen LogP contribution in [-0.4, -0.2) is 27.8 Å². The molecule has 1 amide bonds. The van der Waals surface area contributed by atoms with Crippen molar-refractivity contribution in [1.82, 2.24) is 15.1 Å². The first-order valence-electron chi connectivity index (χ1n) is 8.35. The molecule has 6 nitrogen and oxygen atoms in total. The fourth-order valence-electron chi connectivity index (χ4n) is 3.60. The van der Waals surface area contributed by atoms with E-state index in [-0.39, 0.29) is 11.1 Å². The molecule has 138 valence electrons. The molecule has 0 spiro atoms. The van der Waals surface area contributed by atoms with Crippen LogP contribution in [0.2, 0.25) is 10.0 Å². The van der Waals surface area contributed by atoms with Crippen molar-refractivity contribution in [3.8, 4) is 5.75 Å². The third-order valence-electron chi connectivity index (χ3n) is 4.95. The Morgan fingerprint density at radius 3 is 2.62 bits per heavy atom. The Morgan fingerprint density at radius 2 is 2.00 bits per heavy atom. The number of rotatable bonds is 4. The molecule has 1 aromatic carbocycles. The van der Waals surface area contributed by atoms with Crippen molar-refractivity contribution >= 4 is 29.1 Å². The maximum Gasteiger partial charge on any atom is 0.275 e. The van der Waals surface area contributed by atoms with E-state index < -0.39 is 17.1 Å². The molecule has 0 bridgehead atoms. The third kappa shape index (κ3) is 3.44. The highest BCUT2D eigenvalue weighted by molar-refractivity contribution is 6.42. The summed E-state index contributed by atoms with van der Waals surface area (Å²) in [5.41, 5.74) is -0.320. The minimum atomic E-state index is -0.782. The second-order valence-corrected chi connectivity index (χ2v) is 7.40. The summed E-state index contributed by atoms with van der Waals surface area (Å²) in [6.45, 7) is 0.419. The maximum absolute atomic E-state index is 12.0. The monoisotopic (exact) mass is 395 g/mol. The van der Waals surface area contributed by atoms with Crippen LogP contribution < -0.4 is 10.7 Å². The summed E-state index contributed by atoms with van der Waals surface area (Å²) in [6.07, 6.45) is 5.19. The molecule has 3 rings (SSSR count). The van der Waals surface area contributed by atoms with Crippen LogP contribution in [0.25, 0.3) is 0 Å². The number of carbonyl (C=O) groups is 1. The van der Waals surface area contributed by atoms with E-state index >= 15 is 0 Å². The molecule has 0 radical (unpaired) electrons. The lowest BCUT2D eigenvalue weighted by Gasteiger charge is -2.30. The normalized spacial score (nSPS) is 15.8. The van der Waals surface area contributed by atoms with Gasteiger partial charge in [-0.2, -0.15) is 5.10 Å². The van der Waals surface area contributed by atoms with E-state index in [1.54, 1.807) is 6.07 Å². The number of benzene rings is 1. The van der Waals surface area contributed by atoms with Crippen molar-refractivity contribution in [2.45, 2.75) is 37.6 Å². The lowest BCUT2D eigenvalue weighted by atomic mass is 9.79. The van der Waals surface area contributed by atoms with Crippen LogP contribution in [0.15, 0.2) is 29.2 Å². The van der Waals surface area contributed by atoms with Gasteiger partial charge in [-0.25, -0.2) is 0 Å². The first kappa shape index (κ1) is 18.7. The standard InChI is InChI=1S/C18H19Cl2N3O3/c1-21-17(26)15-16(25)14(24)9-23(22-15)10-18(6-2-3-7-18)11-4-5-12(19)13(20)8-11/h4-5,8-9,24H,2-3,6-7,10H2,1H3,(H,21,26). The maximum atomic E-state index is 12.0. The van der Waals surface area contributed by atoms with E-state index in [0.717, 1.165) is 31.2 Å². The van der Waals surface area contributed by atoms with Gasteiger partial charge in [0.1, 0.15) is 0 Å². The van der Waals surface area contributed by atoms with Crippen LogP contribution in [-0.2, 0) is 12.0 Å². The summed E-state index contributed by atoms with van der Waals surface area (Å²) < 4.78 is 1.47. The largest absolute Gasteiger partial charge is 0.503 e. The van der Waals surface area contributed by atoms with Crippen molar-refractivity contribution in [1.29, 1.82) is 0 Å². The van der Waals surface area contributed by atoms with Crippen LogP contribution in [0.5, 0.6) is 5.75 Å². The highest BCUT2D eigenvalue weighted by Gasteiger charge is 2.37. The number of amides is 1. The molecule has 2 aromatic rings. The summed E-state index contributed by atoms with van der Waals surface area (Å²) in [5, 5.41) is 17.4. The second-order valence-electron chi connectivity index (χ2n) is 6.59. The number of halogens is 2. The van der Waals surface area contributed by atoms with Gasteiger partial charge in [0, 0.05) is 12.5 Å². The van der Waals surface area contributed by atoms with E-state index in [2.05, 4.69) is 10.4 Å². The average Bonchev–Trinajstić information content (AvgIpc) is 3.09. The molecule has 1 aliphatic carbocycles. The number of carbonyl (C=O) groups excluding carboxylic acids is 1. The first-order valence-corrected chi connectivity index (χ1v) is 9.10. The zero-order chi connectivity index (χ0) is 18.9. The molecule has 1 fully saturated rings. The Bertz CT molecular complexity index is 905. The molecule has 1 aromatic heterocycles. The highest BCUT2D eigenvalue weighted by Crippen LogP contribution is 2.43. The SMILES string of the molecule is CNC(=O)c1nn(CC2(c3ccc(Cl)c(Cl)c3)CCCC2)cc(O)c1=O. The molecule has 26 heavy (non-hydrogen) atoms. The molecule has 8 heteroatoms. The highest BCUT2D eigenvalue weighted by atomic mass is 35.5. The molecule has 0 aliphatic heterocycles. The van der Waals surface area contributed by atoms with Crippen LogP contribution in [0, 0.1) is 0 Å². The lowest BCUT2D eigenvalue weighted by molar-refractivity contribution is 0.0953. The molecule has 0 atom stereocenters. The summed E-state index contributed by atoms with van der Waals surface area (Å²) in [5.74, 6) is -1.13. The molecule has 0 saturated heterocycles. The lowest BCUT2D eigenvalue weighted by Crippen LogP contribution is -2.33. The molecular weight excluding hydrogens is 377 g/mol. The van der Waals surface area contributed by atoms with Crippen LogP contribution in [0.4, 0.5) is 0 Å². The minimum Gasteiger partial charge on any atom is -0.503 e. The minimum absolute atomic E-state index is 0.247. The van der Waals surface area contributed by atoms with Gasteiger partial charge in [-0.15, -0.1) is 0 Å². The molecule has 2 N–H and O–H groups in total. The Morgan fingerprint density at radius 1 is 1.31 bits per heavy atom. The smallest absolute Gasteiger partial charge is 0.275 e. The van der Waals surface area contributed by atoms with Crippen molar-refractivity contribution in [3.63, 3.8) is 0 Å². The Hall–Kier alpha value is -2.05. The number of aromatic nitrogens is 2. The fourth-order valence-corrected chi connectivity index (χ4v) is 3.90. The topological polar surface area (TPSA) is 84.2 Å². The van der Waals surface area contributed by atoms with Gasteiger partial charge in [-0.3, -0.25) is 14.3 Å². The van der Waals surface area contributed by atoms with Gasteiger partial charge in [0.25, 0.3) is 11.3 Å². The van der Waals surface area contributed by atoms with E-state index in [4.69, 9.17) is 23.2 Å². The number of hydrogen-bond donors (Lipinski definition) is 2. The average molecular weight is 396 g/mol. The zero-order valence-corrected chi connectivity index (χ0v) is 15.8. The van der Waals surface area contributed by atoms with E-state index in [1.807, 2.05) is 12.1 Å². The fraction of sp³-hybridized carbons (Fsp3) is 0.389. The first-order chi connectivity index (χ1) is 12.4. The molecular formula is C18H19Cl2N3O3. The van der Waals surface area contributed by atoms with Gasteiger partial charge in [-0.1, -0.05) is 42.1 Å². The predicted molar refractivity (Wildman–Crippen MR) is 100 cm³/mol. The predicted octanol–water partition coefficient (Wildman–Crippen LogP) is 3.13. The summed E-state index contributed by atoms with van der Waals surface area (Å²) in [6, 6.07) is 5.57. The van der Waals surface area contributed by atoms with Crippen molar-refractivity contribution in [2.24, 2.45) is 0 Å². The summed E-state index contributed by atoms with van der Waals surface area (Å²) in [7, 11) is 1.41. The molecule has 1 aliphatic rings. The Kier molecular flexibility index (Phi) is 5.25. The van der Waals surface area contributed by atoms with Crippen LogP contribution in [0.1, 0.15) is 41.7 Å². The van der Waals surface area contributed by atoms with Crippen molar-refractivity contribution in [2.75, 3.05) is 7.05 Å². The Balaban J connectivity index is 2.04. The van der Waals surface area contributed by atoms with E-state index in [9.17, 15) is 14.7 Å². The number of nitrogens with zero attached hydrogens (tertiary/aromatic N) is 2. The molecule has 1 heterocycles. The third-order valence-corrected chi connectivity index (χ3v) is 5.69. The van der Waals surface area contributed by atoms with E-state index in [0.29, 0.717) is 16.6 Å². The van der Waals surface area contributed by atoms with Gasteiger partial charge in [0.05, 0.1) is 22.8 Å². The van der Waals surface area contributed by atoms with Gasteiger partial charge in [0.15, 0.2) is 11.4 Å². The number of hydrogen-bond acceptors (Lipinski definition) is 4. The van der Waals surface area contributed by atoms with Gasteiger partial charge < -0.3 is 10.4 Å². The summed E-state index contributed by atoms with van der Waals surface area (Å²) in [4.78, 5) is 23.8. The van der Waals surface area contributed by atoms with E-state index in [1.165, 1.54) is 17.9 Å². The molecule has 0 unspecified atom stereocenters. The van der Waals surface area contributed by atoms with Crippen molar-refractivity contribution < 1.29 is 9.90 Å². The molecule has 1 saturated carbocycles. The number of aromatic hydroxyl groups is 1. The van der Waals surface area contributed by atoms with Crippen LogP contribution in [0.3, 0.4) is 0 Å². The zero-order valence-electron chi connectivity index (χ0n) is 14.3. The Labute approximate surface area is 160 Å². The second kappa shape index (κ2) is 7.29. The van der Waals surface area contributed by atoms with Crippen molar-refractivity contribution in [3.05, 3.63) is 55.9 Å². The van der Waals surface area contributed by atoms with Gasteiger partial charge in [0.2, 0.25) is 0 Å². The quantitative estimate of drug-likeness (QED) is 0.832. The van der Waals surface area contributed by atoms with Gasteiger partial charge in [-0.05, 0) is 30.5 Å². The van der Waals surface area contributed by atoms with Crippen LogP contribution >= 0.6 is 23.2 Å². The number of nitrogens with one attached hydrogen (secondary N) is 1.